The van der Waals surface area contributed by atoms with Gasteiger partial charge in [0.2, 0.25) is 0 Å². The summed E-state index contributed by atoms with van der Waals surface area (Å²) >= 11 is 0. The van der Waals surface area contributed by atoms with Gasteiger partial charge in [0.25, 0.3) is 0 Å². The van der Waals surface area contributed by atoms with Crippen LogP contribution in [0.1, 0.15) is 19.3 Å². The third kappa shape index (κ3) is 4.43. The van der Waals surface area contributed by atoms with Crippen LogP contribution in [0.4, 0.5) is 4.79 Å². The molecule has 1 aliphatic rings. The number of urea groups is 1. The molecule has 1 rings (SSSR count). The van der Waals surface area contributed by atoms with Crippen LogP contribution in [-0.4, -0.2) is 43.5 Å². The van der Waals surface area contributed by atoms with E-state index in [0.29, 0.717) is 13.2 Å². The van der Waals surface area contributed by atoms with Crippen LogP contribution in [0.3, 0.4) is 0 Å². The van der Waals surface area contributed by atoms with Crippen molar-refractivity contribution < 1.29 is 14.6 Å². The first-order chi connectivity index (χ1) is 6.83. The molecule has 14 heavy (non-hydrogen) atoms. The Kier molecular flexibility index (Phi) is 5.32. The Bertz CT molecular complexity index is 169. The highest BCUT2D eigenvalue weighted by atomic mass is 16.5. The molecule has 5 nitrogen and oxygen atoms in total. The molecule has 0 aliphatic carbocycles. The normalized spacial score (nSPS) is 20.8. The van der Waals surface area contributed by atoms with Gasteiger partial charge in [-0.3, -0.25) is 0 Å². The van der Waals surface area contributed by atoms with Crippen LogP contribution in [0.15, 0.2) is 0 Å². The van der Waals surface area contributed by atoms with Crippen LogP contribution >= 0.6 is 0 Å². The summed E-state index contributed by atoms with van der Waals surface area (Å²) in [7, 11) is 0. The predicted molar refractivity (Wildman–Crippen MR) is 52.1 cm³/mol. The van der Waals surface area contributed by atoms with Gasteiger partial charge in [-0.15, -0.1) is 0 Å². The average Bonchev–Trinajstić information content (AvgIpc) is 2.65. The Balaban J connectivity index is 1.98. The number of rotatable bonds is 5. The summed E-state index contributed by atoms with van der Waals surface area (Å²) in [5, 5.41) is 14.1. The molecule has 0 aromatic carbocycles. The number of amides is 2. The maximum absolute atomic E-state index is 11.2. The Morgan fingerprint density at radius 1 is 1.50 bits per heavy atom. The maximum Gasteiger partial charge on any atom is 0.315 e. The number of hydrogen-bond acceptors (Lipinski definition) is 3. The number of nitrogens with one attached hydrogen (secondary N) is 2. The summed E-state index contributed by atoms with van der Waals surface area (Å²) in [5.41, 5.74) is 0. The quantitative estimate of drug-likeness (QED) is 0.543. The molecule has 0 radical (unpaired) electrons. The molecule has 1 atom stereocenters. The molecule has 1 fully saturated rings. The first-order valence-corrected chi connectivity index (χ1v) is 5.06. The van der Waals surface area contributed by atoms with Crippen LogP contribution < -0.4 is 10.6 Å². The van der Waals surface area contributed by atoms with Gasteiger partial charge >= 0.3 is 6.03 Å². The second-order valence-corrected chi connectivity index (χ2v) is 3.39. The molecule has 0 spiro atoms. The van der Waals surface area contributed by atoms with Gasteiger partial charge in [-0.05, 0) is 19.3 Å². The predicted octanol–water partition coefficient (Wildman–Crippen LogP) is -0.153. The van der Waals surface area contributed by atoms with Gasteiger partial charge in [0, 0.05) is 19.8 Å². The van der Waals surface area contributed by atoms with Crippen molar-refractivity contribution in [3.63, 3.8) is 0 Å². The van der Waals surface area contributed by atoms with E-state index < -0.39 is 0 Å². The lowest BCUT2D eigenvalue weighted by Crippen LogP contribution is -2.42. The van der Waals surface area contributed by atoms with Gasteiger partial charge in [-0.1, -0.05) is 0 Å². The molecule has 82 valence electrons. The van der Waals surface area contributed by atoms with Crippen molar-refractivity contribution in [1.29, 1.82) is 0 Å². The molecule has 1 heterocycles. The topological polar surface area (TPSA) is 70.6 Å². The van der Waals surface area contributed by atoms with Crippen LogP contribution in [0.25, 0.3) is 0 Å². The molecule has 1 aliphatic heterocycles. The molecule has 5 heteroatoms. The van der Waals surface area contributed by atoms with Crippen molar-refractivity contribution >= 4 is 6.03 Å². The van der Waals surface area contributed by atoms with E-state index in [-0.39, 0.29) is 18.7 Å². The number of carbonyl (C=O) groups excluding carboxylic acids is 1. The monoisotopic (exact) mass is 202 g/mol. The molecule has 1 unspecified atom stereocenters. The highest BCUT2D eigenvalue weighted by Crippen LogP contribution is 2.02. The second kappa shape index (κ2) is 6.62. The number of hydrogen-bond donors (Lipinski definition) is 3. The largest absolute Gasteiger partial charge is 0.396 e. The maximum atomic E-state index is 11.2. The molecular formula is C9H18N2O3. The SMILES string of the molecule is O=C(NCCCCO)NC1CCOC1. The van der Waals surface area contributed by atoms with E-state index in [9.17, 15) is 4.79 Å². The van der Waals surface area contributed by atoms with Gasteiger partial charge in [-0.25, -0.2) is 4.79 Å². The van der Waals surface area contributed by atoms with E-state index in [4.69, 9.17) is 9.84 Å². The van der Waals surface area contributed by atoms with E-state index in [2.05, 4.69) is 10.6 Å². The molecule has 3 N–H and O–H groups in total. The molecule has 0 bridgehead atoms. The minimum Gasteiger partial charge on any atom is -0.396 e. The van der Waals surface area contributed by atoms with E-state index in [1.165, 1.54) is 0 Å². The Morgan fingerprint density at radius 3 is 3.00 bits per heavy atom. The molecule has 0 aromatic heterocycles. The number of ether oxygens (including phenoxy) is 1. The lowest BCUT2D eigenvalue weighted by Gasteiger charge is -2.11. The van der Waals surface area contributed by atoms with Gasteiger partial charge in [0.05, 0.1) is 12.6 Å². The standard InChI is InChI=1S/C9H18N2O3/c12-5-2-1-4-10-9(13)11-8-3-6-14-7-8/h8,12H,1-7H2,(H2,10,11,13). The molecule has 0 saturated carbocycles. The third-order valence-electron chi connectivity index (χ3n) is 2.14. The van der Waals surface area contributed by atoms with E-state index in [0.717, 1.165) is 25.9 Å². The number of carbonyl (C=O) groups is 1. The fourth-order valence-corrected chi connectivity index (χ4v) is 1.32. The van der Waals surface area contributed by atoms with Crippen molar-refractivity contribution in [3.05, 3.63) is 0 Å². The number of unbranched alkanes of at least 4 members (excludes halogenated alkanes) is 1. The summed E-state index contributed by atoms with van der Waals surface area (Å²) in [5.74, 6) is 0. The Labute approximate surface area is 83.8 Å². The summed E-state index contributed by atoms with van der Waals surface area (Å²) in [6, 6.07) is 0.0197. The van der Waals surface area contributed by atoms with Crippen molar-refractivity contribution in [3.8, 4) is 0 Å². The highest BCUT2D eigenvalue weighted by Gasteiger charge is 2.16. The number of aliphatic hydroxyl groups excluding tert-OH is 1. The minimum absolute atomic E-state index is 0.140. The highest BCUT2D eigenvalue weighted by molar-refractivity contribution is 5.74. The zero-order valence-corrected chi connectivity index (χ0v) is 8.29. The van der Waals surface area contributed by atoms with E-state index >= 15 is 0 Å². The zero-order chi connectivity index (χ0) is 10.2. The smallest absolute Gasteiger partial charge is 0.315 e. The lowest BCUT2D eigenvalue weighted by molar-refractivity contribution is 0.188. The Morgan fingerprint density at radius 2 is 2.36 bits per heavy atom. The first-order valence-electron chi connectivity index (χ1n) is 5.06. The molecule has 1 saturated heterocycles. The summed E-state index contributed by atoms with van der Waals surface area (Å²) in [6.07, 6.45) is 2.43. The fourth-order valence-electron chi connectivity index (χ4n) is 1.32. The molecule has 0 aromatic rings. The van der Waals surface area contributed by atoms with Crippen LogP contribution in [0, 0.1) is 0 Å². The average molecular weight is 202 g/mol. The Hall–Kier alpha value is -0.810. The van der Waals surface area contributed by atoms with Gasteiger partial charge in [0.1, 0.15) is 0 Å². The van der Waals surface area contributed by atoms with Crippen molar-refractivity contribution in [1.82, 2.24) is 10.6 Å². The third-order valence-corrected chi connectivity index (χ3v) is 2.14. The fraction of sp³-hybridized carbons (Fsp3) is 0.889. The molecular weight excluding hydrogens is 184 g/mol. The summed E-state index contributed by atoms with van der Waals surface area (Å²) < 4.78 is 5.13. The van der Waals surface area contributed by atoms with Gasteiger partial charge < -0.3 is 20.5 Å². The summed E-state index contributed by atoms with van der Waals surface area (Å²) in [4.78, 5) is 11.2. The van der Waals surface area contributed by atoms with Crippen LogP contribution in [-0.2, 0) is 4.74 Å². The zero-order valence-electron chi connectivity index (χ0n) is 8.29. The lowest BCUT2D eigenvalue weighted by atomic mass is 10.3. The van der Waals surface area contributed by atoms with Crippen molar-refractivity contribution in [2.24, 2.45) is 0 Å². The second-order valence-electron chi connectivity index (χ2n) is 3.39. The summed E-state index contributed by atoms with van der Waals surface area (Å²) in [6.45, 7) is 2.14. The van der Waals surface area contributed by atoms with Gasteiger partial charge in [0.15, 0.2) is 0 Å². The van der Waals surface area contributed by atoms with Crippen LogP contribution in [0.2, 0.25) is 0 Å². The van der Waals surface area contributed by atoms with Crippen molar-refractivity contribution in [2.75, 3.05) is 26.4 Å². The molecule has 2 amide bonds. The first kappa shape index (κ1) is 11.3. The van der Waals surface area contributed by atoms with Gasteiger partial charge in [-0.2, -0.15) is 0 Å². The van der Waals surface area contributed by atoms with Crippen LogP contribution in [0.5, 0.6) is 0 Å². The minimum atomic E-state index is -0.140. The number of aliphatic hydroxyl groups is 1. The van der Waals surface area contributed by atoms with E-state index in [1.807, 2.05) is 0 Å². The van der Waals surface area contributed by atoms with Crippen molar-refractivity contribution in [2.45, 2.75) is 25.3 Å². The van der Waals surface area contributed by atoms with E-state index in [1.54, 1.807) is 0 Å².